The summed E-state index contributed by atoms with van der Waals surface area (Å²) in [5, 5.41) is 7.62. The summed E-state index contributed by atoms with van der Waals surface area (Å²) < 4.78 is 4.98. The van der Waals surface area contributed by atoms with Crippen LogP contribution in [0.2, 0.25) is 0 Å². The first kappa shape index (κ1) is 13.5. The summed E-state index contributed by atoms with van der Waals surface area (Å²) in [6.45, 7) is 7.47. The Morgan fingerprint density at radius 3 is 2.78 bits per heavy atom. The van der Waals surface area contributed by atoms with Gasteiger partial charge < -0.3 is 9.84 Å². The molecule has 2 atom stereocenters. The smallest absolute Gasteiger partial charge is 0.223 e. The zero-order chi connectivity index (χ0) is 13.0. The van der Waals surface area contributed by atoms with Gasteiger partial charge in [-0.2, -0.15) is 4.98 Å². The Balaban J connectivity index is 1.77. The lowest BCUT2D eigenvalue weighted by atomic mass is 9.78. The first-order valence-corrected chi connectivity index (χ1v) is 7.19. The number of aromatic nitrogens is 2. The maximum Gasteiger partial charge on any atom is 0.223 e. The fraction of sp³-hybridized carbons (Fsp3) is 0.857. The molecule has 1 aliphatic carbocycles. The number of hydrogen-bond acceptors (Lipinski definition) is 4. The van der Waals surface area contributed by atoms with Gasteiger partial charge >= 0.3 is 0 Å². The maximum absolute atomic E-state index is 4.98. The van der Waals surface area contributed by atoms with Crippen molar-refractivity contribution in [3.05, 3.63) is 11.7 Å². The minimum Gasteiger partial charge on any atom is -0.340 e. The summed E-state index contributed by atoms with van der Waals surface area (Å²) in [4.78, 5) is 4.23. The first-order chi connectivity index (χ1) is 8.66. The van der Waals surface area contributed by atoms with Gasteiger partial charge in [0.2, 0.25) is 5.89 Å². The van der Waals surface area contributed by atoms with E-state index in [-0.39, 0.29) is 0 Å². The zero-order valence-electron chi connectivity index (χ0n) is 11.8. The molecular weight excluding hydrogens is 226 g/mol. The highest BCUT2D eigenvalue weighted by Crippen LogP contribution is 2.30. The predicted octanol–water partition coefficient (Wildman–Crippen LogP) is 2.72. The van der Waals surface area contributed by atoms with Gasteiger partial charge in [0.1, 0.15) is 0 Å². The van der Waals surface area contributed by atoms with Gasteiger partial charge in [-0.25, -0.2) is 0 Å². The maximum atomic E-state index is 4.98. The molecule has 1 saturated carbocycles. The van der Waals surface area contributed by atoms with E-state index in [2.05, 4.69) is 29.3 Å². The second kappa shape index (κ2) is 6.32. The molecule has 1 aromatic heterocycles. The van der Waals surface area contributed by atoms with Crippen LogP contribution >= 0.6 is 0 Å². The summed E-state index contributed by atoms with van der Waals surface area (Å²) >= 11 is 0. The van der Waals surface area contributed by atoms with Gasteiger partial charge in [-0.1, -0.05) is 31.8 Å². The molecule has 1 N–H and O–H groups in total. The molecule has 0 bridgehead atoms. The lowest BCUT2D eigenvalue weighted by molar-refractivity contribution is 0.206. The molecule has 2 rings (SSSR count). The van der Waals surface area contributed by atoms with Crippen molar-refractivity contribution >= 4 is 0 Å². The van der Waals surface area contributed by atoms with Crippen LogP contribution in [0.15, 0.2) is 4.52 Å². The zero-order valence-corrected chi connectivity index (χ0v) is 11.8. The Bertz CT molecular complexity index is 362. The third-order valence-electron chi connectivity index (χ3n) is 4.00. The Morgan fingerprint density at radius 2 is 2.11 bits per heavy atom. The molecule has 0 radical (unpaired) electrons. The Kier molecular flexibility index (Phi) is 4.75. The van der Waals surface area contributed by atoms with Gasteiger partial charge in [0.05, 0.1) is 0 Å². The Hall–Kier alpha value is -0.900. The van der Waals surface area contributed by atoms with E-state index in [0.29, 0.717) is 11.9 Å². The minimum atomic E-state index is 0.655. The van der Waals surface area contributed by atoms with Gasteiger partial charge in [-0.3, -0.25) is 0 Å². The molecule has 1 aromatic rings. The molecule has 1 heterocycles. The standard InChI is InChI=1S/C14H25N3O/c1-10(2)12-6-4-5-7-13(12)15-9-8-14-16-11(3)18-17-14/h10,12-13,15H,4-9H2,1-3H3. The summed E-state index contributed by atoms with van der Waals surface area (Å²) in [5.41, 5.74) is 0. The molecule has 0 aromatic carbocycles. The topological polar surface area (TPSA) is 51.0 Å². The molecule has 18 heavy (non-hydrogen) atoms. The van der Waals surface area contributed by atoms with Gasteiger partial charge in [-0.05, 0) is 24.7 Å². The Labute approximate surface area is 110 Å². The monoisotopic (exact) mass is 251 g/mol. The summed E-state index contributed by atoms with van der Waals surface area (Å²) in [5.74, 6) is 3.07. The number of nitrogens with zero attached hydrogens (tertiary/aromatic N) is 2. The highest BCUT2D eigenvalue weighted by Gasteiger charge is 2.26. The number of nitrogens with one attached hydrogen (secondary N) is 1. The minimum absolute atomic E-state index is 0.655. The Morgan fingerprint density at radius 1 is 1.33 bits per heavy atom. The SMILES string of the molecule is Cc1nc(CCNC2CCCCC2C(C)C)no1. The molecular formula is C14H25N3O. The molecule has 4 heteroatoms. The van der Waals surface area contributed by atoms with E-state index in [1.807, 2.05) is 6.92 Å². The second-order valence-corrected chi connectivity index (χ2v) is 5.73. The van der Waals surface area contributed by atoms with E-state index in [0.717, 1.165) is 30.6 Å². The van der Waals surface area contributed by atoms with Crippen LogP contribution in [0.3, 0.4) is 0 Å². The molecule has 1 aliphatic rings. The van der Waals surface area contributed by atoms with Gasteiger partial charge in [0.15, 0.2) is 5.82 Å². The number of hydrogen-bond donors (Lipinski definition) is 1. The van der Waals surface area contributed by atoms with Crippen LogP contribution in [-0.2, 0) is 6.42 Å². The lowest BCUT2D eigenvalue weighted by Gasteiger charge is -2.35. The van der Waals surface area contributed by atoms with E-state index in [1.54, 1.807) is 0 Å². The molecule has 1 fully saturated rings. The normalized spacial score (nSPS) is 24.7. The van der Waals surface area contributed by atoms with Crippen molar-refractivity contribution in [1.82, 2.24) is 15.5 Å². The molecule has 2 unspecified atom stereocenters. The van der Waals surface area contributed by atoms with Crippen LogP contribution in [0.1, 0.15) is 51.2 Å². The van der Waals surface area contributed by atoms with Crippen LogP contribution < -0.4 is 5.32 Å². The van der Waals surface area contributed by atoms with Crippen molar-refractivity contribution in [3.63, 3.8) is 0 Å². The van der Waals surface area contributed by atoms with Crippen molar-refractivity contribution in [2.45, 2.75) is 58.9 Å². The molecule has 0 saturated heterocycles. The van der Waals surface area contributed by atoms with E-state index < -0.39 is 0 Å². The quantitative estimate of drug-likeness (QED) is 0.874. The van der Waals surface area contributed by atoms with Crippen LogP contribution in [0, 0.1) is 18.8 Å². The number of aryl methyl sites for hydroxylation is 1. The van der Waals surface area contributed by atoms with Crippen molar-refractivity contribution in [3.8, 4) is 0 Å². The van der Waals surface area contributed by atoms with Gasteiger partial charge in [-0.15, -0.1) is 0 Å². The third kappa shape index (κ3) is 3.55. The molecule has 102 valence electrons. The third-order valence-corrected chi connectivity index (χ3v) is 4.00. The fourth-order valence-electron chi connectivity index (χ4n) is 3.02. The highest BCUT2D eigenvalue weighted by molar-refractivity contribution is 4.87. The number of rotatable bonds is 5. The largest absolute Gasteiger partial charge is 0.340 e. The summed E-state index contributed by atoms with van der Waals surface area (Å²) in [6.07, 6.45) is 6.30. The van der Waals surface area contributed by atoms with Crippen molar-refractivity contribution in [1.29, 1.82) is 0 Å². The molecule has 0 aliphatic heterocycles. The van der Waals surface area contributed by atoms with Crippen LogP contribution in [0.5, 0.6) is 0 Å². The average molecular weight is 251 g/mol. The van der Waals surface area contributed by atoms with E-state index in [4.69, 9.17) is 4.52 Å². The molecule has 0 spiro atoms. The van der Waals surface area contributed by atoms with Crippen LogP contribution in [0.25, 0.3) is 0 Å². The van der Waals surface area contributed by atoms with Gasteiger partial charge in [0, 0.05) is 25.9 Å². The highest BCUT2D eigenvalue weighted by atomic mass is 16.5. The van der Waals surface area contributed by atoms with Crippen LogP contribution in [0.4, 0.5) is 0 Å². The summed E-state index contributed by atoms with van der Waals surface area (Å²) in [6, 6.07) is 0.673. The predicted molar refractivity (Wildman–Crippen MR) is 71.3 cm³/mol. The van der Waals surface area contributed by atoms with Crippen LogP contribution in [-0.4, -0.2) is 22.7 Å². The average Bonchev–Trinajstić information content (AvgIpc) is 2.75. The summed E-state index contributed by atoms with van der Waals surface area (Å²) in [7, 11) is 0. The second-order valence-electron chi connectivity index (χ2n) is 5.73. The van der Waals surface area contributed by atoms with Crippen molar-refractivity contribution in [2.75, 3.05) is 6.54 Å². The van der Waals surface area contributed by atoms with Crippen molar-refractivity contribution < 1.29 is 4.52 Å². The van der Waals surface area contributed by atoms with Crippen molar-refractivity contribution in [2.24, 2.45) is 11.8 Å². The van der Waals surface area contributed by atoms with E-state index in [9.17, 15) is 0 Å². The first-order valence-electron chi connectivity index (χ1n) is 7.19. The molecule has 4 nitrogen and oxygen atoms in total. The lowest BCUT2D eigenvalue weighted by Crippen LogP contribution is -2.41. The fourth-order valence-corrected chi connectivity index (χ4v) is 3.02. The molecule has 0 amide bonds. The van der Waals surface area contributed by atoms with Gasteiger partial charge in [0.25, 0.3) is 0 Å². The van der Waals surface area contributed by atoms with E-state index >= 15 is 0 Å². The van der Waals surface area contributed by atoms with E-state index in [1.165, 1.54) is 25.7 Å².